The van der Waals surface area contributed by atoms with E-state index in [1.807, 2.05) is 18.2 Å². The summed E-state index contributed by atoms with van der Waals surface area (Å²) in [6.45, 7) is 1.34. The highest BCUT2D eigenvalue weighted by Gasteiger charge is 2.25. The zero-order valence-electron chi connectivity index (χ0n) is 11.6. The van der Waals surface area contributed by atoms with Crippen LogP contribution in [-0.2, 0) is 0 Å². The highest BCUT2D eigenvalue weighted by Crippen LogP contribution is 2.25. The van der Waals surface area contributed by atoms with Crippen LogP contribution in [0.5, 0.6) is 0 Å². The Labute approximate surface area is 128 Å². The molecule has 3 N–H and O–H groups in total. The first-order chi connectivity index (χ1) is 10.1. The Balaban J connectivity index is 1.90. The summed E-state index contributed by atoms with van der Waals surface area (Å²) < 4.78 is 0. The van der Waals surface area contributed by atoms with Gasteiger partial charge >= 0.3 is 0 Å². The largest absolute Gasteiger partial charge is 0.337 e. The van der Waals surface area contributed by atoms with Crippen molar-refractivity contribution in [3.63, 3.8) is 0 Å². The van der Waals surface area contributed by atoms with Gasteiger partial charge in [-0.1, -0.05) is 23.7 Å². The third kappa shape index (κ3) is 2.94. The van der Waals surface area contributed by atoms with Crippen LogP contribution in [0.3, 0.4) is 0 Å². The summed E-state index contributed by atoms with van der Waals surface area (Å²) in [6.07, 6.45) is 3.48. The molecule has 1 aromatic heterocycles. The third-order valence-corrected chi connectivity index (χ3v) is 3.96. The van der Waals surface area contributed by atoms with Crippen molar-refractivity contribution in [3.05, 3.63) is 41.0 Å². The maximum Gasteiger partial charge on any atom is 0.257 e. The lowest BCUT2D eigenvalue weighted by Gasteiger charge is -2.30. The first-order valence-corrected chi connectivity index (χ1v) is 7.37. The quantitative estimate of drug-likeness (QED) is 0.894. The predicted octanol–water partition coefficient (Wildman–Crippen LogP) is 2.29. The first-order valence-electron chi connectivity index (χ1n) is 6.99. The summed E-state index contributed by atoms with van der Waals surface area (Å²) in [5.41, 5.74) is 8.06. The molecule has 0 radical (unpaired) electrons. The fourth-order valence-corrected chi connectivity index (χ4v) is 2.87. The van der Waals surface area contributed by atoms with Gasteiger partial charge in [-0.2, -0.15) is 5.10 Å². The molecule has 1 unspecified atom stereocenters. The fraction of sp³-hybridized carbons (Fsp3) is 0.333. The van der Waals surface area contributed by atoms with Crippen molar-refractivity contribution in [2.75, 3.05) is 13.1 Å². The number of aromatic amines is 1. The Kier molecular flexibility index (Phi) is 3.94. The summed E-state index contributed by atoms with van der Waals surface area (Å²) in [5.74, 6) is -0.0334. The van der Waals surface area contributed by atoms with E-state index in [1.165, 1.54) is 0 Å². The molecule has 1 aromatic carbocycles. The van der Waals surface area contributed by atoms with Crippen LogP contribution in [0.15, 0.2) is 30.5 Å². The summed E-state index contributed by atoms with van der Waals surface area (Å²) >= 11 is 6.02. The Morgan fingerprint density at radius 2 is 2.33 bits per heavy atom. The number of piperidine rings is 1. The number of hydrogen-bond acceptors (Lipinski definition) is 3. The van der Waals surface area contributed by atoms with Crippen LogP contribution in [0, 0.1) is 0 Å². The van der Waals surface area contributed by atoms with Gasteiger partial charge in [0, 0.05) is 29.7 Å². The van der Waals surface area contributed by atoms with Gasteiger partial charge in [-0.05, 0) is 25.0 Å². The minimum absolute atomic E-state index is 0.0334. The molecule has 3 rings (SSSR count). The van der Waals surface area contributed by atoms with Gasteiger partial charge in [0.2, 0.25) is 0 Å². The number of carbonyl (C=O) groups is 1. The van der Waals surface area contributed by atoms with E-state index in [2.05, 4.69) is 10.2 Å². The lowest BCUT2D eigenvalue weighted by molar-refractivity contribution is 0.0709. The summed E-state index contributed by atoms with van der Waals surface area (Å²) in [7, 11) is 0. The first kappa shape index (κ1) is 14.1. The molecule has 21 heavy (non-hydrogen) atoms. The van der Waals surface area contributed by atoms with Crippen LogP contribution in [0.4, 0.5) is 0 Å². The van der Waals surface area contributed by atoms with Gasteiger partial charge in [0.15, 0.2) is 0 Å². The van der Waals surface area contributed by atoms with Gasteiger partial charge in [-0.15, -0.1) is 0 Å². The van der Waals surface area contributed by atoms with Crippen LogP contribution >= 0.6 is 11.6 Å². The highest BCUT2D eigenvalue weighted by atomic mass is 35.5. The molecule has 1 fully saturated rings. The minimum Gasteiger partial charge on any atom is -0.337 e. The Bertz CT molecular complexity index is 655. The third-order valence-electron chi connectivity index (χ3n) is 3.73. The lowest BCUT2D eigenvalue weighted by atomic mass is 10.0. The molecule has 1 aliphatic rings. The molecule has 0 saturated carbocycles. The predicted molar refractivity (Wildman–Crippen MR) is 82.1 cm³/mol. The number of aromatic nitrogens is 2. The van der Waals surface area contributed by atoms with Crippen LogP contribution < -0.4 is 5.73 Å². The van der Waals surface area contributed by atoms with Gasteiger partial charge in [-0.3, -0.25) is 9.89 Å². The number of likely N-dealkylation sites (tertiary alicyclic amines) is 1. The number of nitrogens with two attached hydrogens (primary N) is 1. The van der Waals surface area contributed by atoms with Crippen LogP contribution in [0.25, 0.3) is 11.3 Å². The summed E-state index contributed by atoms with van der Waals surface area (Å²) in [6, 6.07) is 7.42. The molecule has 0 bridgehead atoms. The van der Waals surface area contributed by atoms with E-state index in [1.54, 1.807) is 17.2 Å². The molecule has 2 heterocycles. The normalized spacial score (nSPS) is 18.8. The molecular weight excluding hydrogens is 288 g/mol. The van der Waals surface area contributed by atoms with Gasteiger partial charge in [0.1, 0.15) is 0 Å². The second kappa shape index (κ2) is 5.87. The van der Waals surface area contributed by atoms with E-state index >= 15 is 0 Å². The monoisotopic (exact) mass is 304 g/mol. The lowest BCUT2D eigenvalue weighted by Crippen LogP contribution is -2.45. The molecule has 5 nitrogen and oxygen atoms in total. The van der Waals surface area contributed by atoms with Crippen molar-refractivity contribution >= 4 is 17.5 Å². The average molecular weight is 305 g/mol. The summed E-state index contributed by atoms with van der Waals surface area (Å²) in [4.78, 5) is 14.5. The smallest absolute Gasteiger partial charge is 0.257 e. The van der Waals surface area contributed by atoms with Gasteiger partial charge in [0.25, 0.3) is 5.91 Å². The number of nitrogens with one attached hydrogen (secondary N) is 1. The number of hydrogen-bond donors (Lipinski definition) is 2. The van der Waals surface area contributed by atoms with E-state index in [0.29, 0.717) is 22.8 Å². The number of carbonyl (C=O) groups excluding carboxylic acids is 1. The second-order valence-electron chi connectivity index (χ2n) is 5.32. The second-order valence-corrected chi connectivity index (χ2v) is 5.76. The molecule has 6 heteroatoms. The maximum atomic E-state index is 12.7. The SMILES string of the molecule is NC1CCCN(C(=O)c2cn[nH]c2-c2cccc(Cl)c2)C1. The van der Waals surface area contributed by atoms with Crippen molar-refractivity contribution < 1.29 is 4.79 Å². The van der Waals surface area contributed by atoms with Gasteiger partial charge < -0.3 is 10.6 Å². The molecular formula is C15H17ClN4O. The van der Waals surface area contributed by atoms with Crippen LogP contribution in [0.1, 0.15) is 23.2 Å². The number of nitrogens with zero attached hydrogens (tertiary/aromatic N) is 2. The van der Waals surface area contributed by atoms with Crippen LogP contribution in [-0.4, -0.2) is 40.1 Å². The van der Waals surface area contributed by atoms with E-state index in [4.69, 9.17) is 17.3 Å². The van der Waals surface area contributed by atoms with Crippen LogP contribution in [0.2, 0.25) is 5.02 Å². The zero-order chi connectivity index (χ0) is 14.8. The summed E-state index contributed by atoms with van der Waals surface area (Å²) in [5, 5.41) is 7.53. The fourth-order valence-electron chi connectivity index (χ4n) is 2.68. The van der Waals surface area contributed by atoms with Crippen molar-refractivity contribution in [2.24, 2.45) is 5.73 Å². The molecule has 0 spiro atoms. The van der Waals surface area contributed by atoms with Crippen molar-refractivity contribution in [2.45, 2.75) is 18.9 Å². The Morgan fingerprint density at radius 3 is 3.10 bits per heavy atom. The molecule has 2 aromatic rings. The number of halogens is 1. The standard InChI is InChI=1S/C15H17ClN4O/c16-11-4-1-3-10(7-11)14-13(8-18-19-14)15(21)20-6-2-5-12(17)9-20/h1,3-4,7-8,12H,2,5-6,9,17H2,(H,18,19). The average Bonchev–Trinajstić information content (AvgIpc) is 2.96. The topological polar surface area (TPSA) is 75.0 Å². The maximum absolute atomic E-state index is 12.7. The molecule has 110 valence electrons. The molecule has 1 aliphatic heterocycles. The number of amides is 1. The van der Waals surface area contributed by atoms with Crippen molar-refractivity contribution in [3.8, 4) is 11.3 Å². The van der Waals surface area contributed by atoms with E-state index in [-0.39, 0.29) is 11.9 Å². The molecule has 0 aliphatic carbocycles. The van der Waals surface area contributed by atoms with Crippen molar-refractivity contribution in [1.29, 1.82) is 0 Å². The minimum atomic E-state index is -0.0334. The van der Waals surface area contributed by atoms with E-state index in [0.717, 1.165) is 24.9 Å². The number of rotatable bonds is 2. The number of benzene rings is 1. The number of H-pyrrole nitrogens is 1. The highest BCUT2D eigenvalue weighted by molar-refractivity contribution is 6.30. The van der Waals surface area contributed by atoms with E-state index < -0.39 is 0 Å². The molecule has 1 atom stereocenters. The molecule has 1 amide bonds. The van der Waals surface area contributed by atoms with Gasteiger partial charge in [-0.25, -0.2) is 0 Å². The Hall–Kier alpha value is -1.85. The Morgan fingerprint density at radius 1 is 1.48 bits per heavy atom. The van der Waals surface area contributed by atoms with E-state index in [9.17, 15) is 4.79 Å². The van der Waals surface area contributed by atoms with Crippen molar-refractivity contribution in [1.82, 2.24) is 15.1 Å². The van der Waals surface area contributed by atoms with Gasteiger partial charge in [0.05, 0.1) is 17.5 Å². The zero-order valence-corrected chi connectivity index (χ0v) is 12.3. The molecule has 1 saturated heterocycles.